The number of rotatable bonds is 2. The molecule has 0 amide bonds. The van der Waals surface area contributed by atoms with Crippen molar-refractivity contribution in [3.8, 4) is 0 Å². The van der Waals surface area contributed by atoms with Gasteiger partial charge in [0, 0.05) is 0 Å². The van der Waals surface area contributed by atoms with Gasteiger partial charge in [-0.2, -0.15) is 8.97 Å². The Bertz CT molecular complexity index is 145. The van der Waals surface area contributed by atoms with Gasteiger partial charge in [0.1, 0.15) is 0 Å². The first-order valence-electron chi connectivity index (χ1n) is 4.30. The van der Waals surface area contributed by atoms with Crippen molar-refractivity contribution in [1.82, 2.24) is 0 Å². The Morgan fingerprint density at radius 2 is 1.80 bits per heavy atom. The van der Waals surface area contributed by atoms with Crippen LogP contribution in [0.1, 0.15) is 20.3 Å². The van der Waals surface area contributed by atoms with E-state index < -0.39 is 0 Å². The standard InChI is InChI=1S/C8H18N2/c1-4-8(2)10-5-9(3,6-10)7-10/h8H,4-7H2,1-3H3/q+2. The summed E-state index contributed by atoms with van der Waals surface area (Å²) in [7, 11) is 2.36. The third-order valence-electron chi connectivity index (χ3n) is 3.40. The van der Waals surface area contributed by atoms with Crippen molar-refractivity contribution < 1.29 is 8.97 Å². The first-order chi connectivity index (χ1) is 4.60. The van der Waals surface area contributed by atoms with E-state index in [0.717, 1.165) is 6.04 Å². The smallest absolute Gasteiger partial charge is 0.187 e. The van der Waals surface area contributed by atoms with Gasteiger partial charge in [0.2, 0.25) is 20.0 Å². The third kappa shape index (κ3) is 0.565. The van der Waals surface area contributed by atoms with E-state index in [1.54, 1.807) is 0 Å². The summed E-state index contributed by atoms with van der Waals surface area (Å²) in [5.41, 5.74) is 0. The molecule has 3 saturated heterocycles. The fourth-order valence-electron chi connectivity index (χ4n) is 2.72. The maximum absolute atomic E-state index is 2.39. The van der Waals surface area contributed by atoms with Gasteiger partial charge in [-0.15, -0.1) is 0 Å². The van der Waals surface area contributed by atoms with Gasteiger partial charge in [-0.3, -0.25) is 0 Å². The largest absolute Gasteiger partial charge is 0.225 e. The van der Waals surface area contributed by atoms with E-state index >= 15 is 0 Å². The molecule has 0 N–H and O–H groups in total. The third-order valence-corrected chi connectivity index (χ3v) is 3.40. The number of quaternary nitrogens is 2. The van der Waals surface area contributed by atoms with Crippen LogP contribution in [0, 0.1) is 0 Å². The van der Waals surface area contributed by atoms with Crippen LogP contribution in [0.2, 0.25) is 0 Å². The fraction of sp³-hybridized carbons (Fsp3) is 1.00. The molecule has 0 aromatic rings. The highest BCUT2D eigenvalue weighted by Crippen LogP contribution is 2.44. The SMILES string of the molecule is CCC(C)[N+]12C[N+](C)(C1)C2. The Balaban J connectivity index is 1.98. The molecular formula is C8H18N2+2. The summed E-state index contributed by atoms with van der Waals surface area (Å²) in [4.78, 5) is 0. The van der Waals surface area contributed by atoms with Crippen molar-refractivity contribution in [1.29, 1.82) is 0 Å². The molecule has 3 rings (SSSR count). The van der Waals surface area contributed by atoms with E-state index in [2.05, 4.69) is 20.9 Å². The first-order valence-corrected chi connectivity index (χ1v) is 4.30. The van der Waals surface area contributed by atoms with Crippen LogP contribution >= 0.6 is 0 Å². The van der Waals surface area contributed by atoms with Crippen molar-refractivity contribution in [2.24, 2.45) is 0 Å². The van der Waals surface area contributed by atoms with E-state index in [-0.39, 0.29) is 0 Å². The predicted molar refractivity (Wildman–Crippen MR) is 40.8 cm³/mol. The summed E-state index contributed by atoms with van der Waals surface area (Å²) in [5.74, 6) is 0. The molecule has 1 atom stereocenters. The van der Waals surface area contributed by atoms with E-state index in [9.17, 15) is 0 Å². The van der Waals surface area contributed by atoms with Gasteiger partial charge in [0.15, 0.2) is 0 Å². The van der Waals surface area contributed by atoms with Crippen molar-refractivity contribution in [2.45, 2.75) is 26.3 Å². The molecule has 3 fully saturated rings. The summed E-state index contributed by atoms with van der Waals surface area (Å²) >= 11 is 0. The van der Waals surface area contributed by atoms with Crippen LogP contribution in [0.15, 0.2) is 0 Å². The second-order valence-corrected chi connectivity index (χ2v) is 4.52. The molecule has 0 aliphatic carbocycles. The van der Waals surface area contributed by atoms with E-state index in [1.165, 1.54) is 35.4 Å². The number of hydrogen-bond acceptors (Lipinski definition) is 0. The zero-order chi connectivity index (χ0) is 7.41. The van der Waals surface area contributed by atoms with E-state index in [4.69, 9.17) is 0 Å². The molecule has 3 heterocycles. The molecule has 0 radical (unpaired) electrons. The zero-order valence-corrected chi connectivity index (χ0v) is 7.30. The molecule has 0 saturated carbocycles. The molecule has 3 aliphatic heterocycles. The van der Waals surface area contributed by atoms with Crippen LogP contribution in [0.5, 0.6) is 0 Å². The van der Waals surface area contributed by atoms with Gasteiger partial charge >= 0.3 is 0 Å². The van der Waals surface area contributed by atoms with Crippen LogP contribution in [0.4, 0.5) is 0 Å². The summed E-state index contributed by atoms with van der Waals surface area (Å²) < 4.78 is 2.78. The minimum absolute atomic E-state index is 0.917. The second-order valence-electron chi connectivity index (χ2n) is 4.52. The fourth-order valence-corrected chi connectivity index (χ4v) is 2.72. The monoisotopic (exact) mass is 142 g/mol. The Hall–Kier alpha value is -0.0800. The lowest BCUT2D eigenvalue weighted by molar-refractivity contribution is -1.43. The van der Waals surface area contributed by atoms with Crippen molar-refractivity contribution in [3.05, 3.63) is 0 Å². The van der Waals surface area contributed by atoms with Crippen molar-refractivity contribution in [3.63, 3.8) is 0 Å². The van der Waals surface area contributed by atoms with Crippen molar-refractivity contribution in [2.75, 3.05) is 27.1 Å². The Kier molecular flexibility index (Phi) is 1.03. The molecule has 58 valence electrons. The van der Waals surface area contributed by atoms with Crippen LogP contribution in [0.3, 0.4) is 0 Å². The Morgan fingerprint density at radius 1 is 1.30 bits per heavy atom. The highest BCUT2D eigenvalue weighted by Gasteiger charge is 2.71. The highest BCUT2D eigenvalue weighted by molar-refractivity contribution is 4.58. The zero-order valence-electron chi connectivity index (χ0n) is 7.30. The molecule has 1 unspecified atom stereocenters. The van der Waals surface area contributed by atoms with Crippen LogP contribution in [-0.2, 0) is 0 Å². The van der Waals surface area contributed by atoms with Gasteiger partial charge < -0.3 is 0 Å². The first kappa shape index (κ1) is 6.62. The minimum atomic E-state index is 0.917. The molecule has 2 nitrogen and oxygen atoms in total. The average Bonchev–Trinajstić information content (AvgIpc) is 1.77. The molecule has 0 aromatic carbocycles. The Morgan fingerprint density at radius 3 is 2.10 bits per heavy atom. The molecule has 0 aromatic heterocycles. The maximum Gasteiger partial charge on any atom is 0.225 e. The topological polar surface area (TPSA) is 0 Å². The van der Waals surface area contributed by atoms with Crippen LogP contribution < -0.4 is 0 Å². The van der Waals surface area contributed by atoms with Crippen LogP contribution in [0.25, 0.3) is 0 Å². The summed E-state index contributed by atoms with van der Waals surface area (Å²) in [6.45, 7) is 8.93. The van der Waals surface area contributed by atoms with Gasteiger partial charge in [0.25, 0.3) is 0 Å². The Labute approximate surface area is 63.2 Å². The minimum Gasteiger partial charge on any atom is -0.187 e. The van der Waals surface area contributed by atoms with Gasteiger partial charge in [-0.25, -0.2) is 0 Å². The van der Waals surface area contributed by atoms with E-state index in [0.29, 0.717) is 0 Å². The van der Waals surface area contributed by atoms with Gasteiger partial charge in [-0.05, 0) is 13.3 Å². The lowest BCUT2D eigenvalue weighted by atomic mass is 10.0. The van der Waals surface area contributed by atoms with Crippen LogP contribution in [-0.4, -0.2) is 42.1 Å². The summed E-state index contributed by atoms with van der Waals surface area (Å²) in [6, 6.07) is 0.917. The lowest BCUT2D eigenvalue weighted by Crippen LogP contribution is -2.95. The molecule has 2 heteroatoms. The second kappa shape index (κ2) is 1.56. The highest BCUT2D eigenvalue weighted by atomic mass is 15.9. The molecule has 3 aliphatic rings. The number of nitrogens with zero attached hydrogens (tertiary/aromatic N) is 2. The molecule has 10 heavy (non-hydrogen) atoms. The summed E-state index contributed by atoms with van der Waals surface area (Å²) in [5, 5.41) is 0. The number of hydrogen-bond donors (Lipinski definition) is 0. The van der Waals surface area contributed by atoms with Gasteiger partial charge in [-0.1, -0.05) is 6.92 Å². The van der Waals surface area contributed by atoms with Gasteiger partial charge in [0.05, 0.1) is 13.1 Å². The average molecular weight is 142 g/mol. The molecular weight excluding hydrogens is 124 g/mol. The normalized spacial score (nSPS) is 53.1. The van der Waals surface area contributed by atoms with E-state index in [1.807, 2.05) is 0 Å². The van der Waals surface area contributed by atoms with Crippen molar-refractivity contribution >= 4 is 0 Å². The lowest BCUT2D eigenvalue weighted by Gasteiger charge is -2.68. The predicted octanol–water partition coefficient (Wildman–Crippen LogP) is 0.948. The molecule has 2 bridgehead atoms. The summed E-state index contributed by atoms with van der Waals surface area (Å²) in [6.07, 6.45) is 1.35. The quantitative estimate of drug-likeness (QED) is 0.504. The molecule has 0 spiro atoms. The maximum atomic E-state index is 2.39.